The normalized spacial score (nSPS) is 13.5. The molecule has 1 unspecified atom stereocenters. The van der Waals surface area contributed by atoms with Gasteiger partial charge in [-0.15, -0.1) is 0 Å². The molecule has 1 aromatic heterocycles. The Kier molecular flexibility index (Phi) is 4.90. The SMILES string of the molecule is CCOc1cncc(C(N)CC(C)(C)OC)c1. The molecule has 0 aliphatic carbocycles. The van der Waals surface area contributed by atoms with Gasteiger partial charge in [-0.3, -0.25) is 4.98 Å². The van der Waals surface area contributed by atoms with Gasteiger partial charge in [0.2, 0.25) is 0 Å². The third kappa shape index (κ3) is 4.32. The molecule has 4 nitrogen and oxygen atoms in total. The van der Waals surface area contributed by atoms with Crippen molar-refractivity contribution in [2.24, 2.45) is 5.73 Å². The minimum atomic E-state index is -0.235. The van der Waals surface area contributed by atoms with E-state index < -0.39 is 0 Å². The average molecular weight is 238 g/mol. The molecule has 0 aliphatic heterocycles. The van der Waals surface area contributed by atoms with Crippen LogP contribution in [0.3, 0.4) is 0 Å². The molecule has 1 aromatic rings. The summed E-state index contributed by atoms with van der Waals surface area (Å²) in [5.41, 5.74) is 6.88. The quantitative estimate of drug-likeness (QED) is 0.826. The van der Waals surface area contributed by atoms with Crippen molar-refractivity contribution < 1.29 is 9.47 Å². The van der Waals surface area contributed by atoms with Crippen LogP contribution in [-0.4, -0.2) is 24.3 Å². The molecule has 1 rings (SSSR count). The molecule has 0 saturated carbocycles. The highest BCUT2D eigenvalue weighted by Gasteiger charge is 2.21. The number of rotatable bonds is 6. The molecule has 0 saturated heterocycles. The fraction of sp³-hybridized carbons (Fsp3) is 0.615. The Morgan fingerprint density at radius 2 is 2.12 bits per heavy atom. The summed E-state index contributed by atoms with van der Waals surface area (Å²) >= 11 is 0. The number of nitrogens with two attached hydrogens (primary N) is 1. The maximum Gasteiger partial charge on any atom is 0.137 e. The van der Waals surface area contributed by atoms with Crippen molar-refractivity contribution in [1.82, 2.24) is 4.98 Å². The highest BCUT2D eigenvalue weighted by atomic mass is 16.5. The highest BCUT2D eigenvalue weighted by Crippen LogP contribution is 2.25. The smallest absolute Gasteiger partial charge is 0.137 e. The first-order chi connectivity index (χ1) is 7.98. The highest BCUT2D eigenvalue weighted by molar-refractivity contribution is 5.26. The summed E-state index contributed by atoms with van der Waals surface area (Å²) in [4.78, 5) is 4.13. The lowest BCUT2D eigenvalue weighted by atomic mass is 9.95. The van der Waals surface area contributed by atoms with Crippen molar-refractivity contribution in [2.45, 2.75) is 38.8 Å². The number of aromatic nitrogens is 1. The number of hydrogen-bond acceptors (Lipinski definition) is 4. The van der Waals surface area contributed by atoms with Gasteiger partial charge in [-0.2, -0.15) is 0 Å². The molecule has 0 spiro atoms. The second kappa shape index (κ2) is 5.98. The molecule has 96 valence electrons. The van der Waals surface area contributed by atoms with Crippen LogP contribution in [0.15, 0.2) is 18.5 Å². The lowest BCUT2D eigenvalue weighted by Gasteiger charge is -2.26. The fourth-order valence-electron chi connectivity index (χ4n) is 1.61. The molecule has 2 N–H and O–H groups in total. The summed E-state index contributed by atoms with van der Waals surface area (Å²) in [6.45, 7) is 6.62. The molecule has 0 aliphatic rings. The zero-order valence-corrected chi connectivity index (χ0v) is 11.1. The number of methoxy groups -OCH3 is 1. The summed E-state index contributed by atoms with van der Waals surface area (Å²) in [6, 6.07) is 1.84. The van der Waals surface area contributed by atoms with E-state index in [9.17, 15) is 0 Å². The van der Waals surface area contributed by atoms with Crippen molar-refractivity contribution in [1.29, 1.82) is 0 Å². The summed E-state index contributed by atoms with van der Waals surface area (Å²) in [6.07, 6.45) is 4.21. The van der Waals surface area contributed by atoms with Gasteiger partial charge >= 0.3 is 0 Å². The van der Waals surface area contributed by atoms with Crippen LogP contribution in [0.25, 0.3) is 0 Å². The van der Waals surface area contributed by atoms with Crippen LogP contribution in [0.1, 0.15) is 38.8 Å². The molecule has 17 heavy (non-hydrogen) atoms. The van der Waals surface area contributed by atoms with Crippen molar-refractivity contribution >= 4 is 0 Å². The number of nitrogens with zero attached hydrogens (tertiary/aromatic N) is 1. The summed E-state index contributed by atoms with van der Waals surface area (Å²) in [5, 5.41) is 0. The topological polar surface area (TPSA) is 57.4 Å². The minimum absolute atomic E-state index is 0.0992. The lowest BCUT2D eigenvalue weighted by Crippen LogP contribution is -2.28. The number of hydrogen-bond donors (Lipinski definition) is 1. The first-order valence-corrected chi connectivity index (χ1v) is 5.87. The molecule has 0 aromatic carbocycles. The van der Waals surface area contributed by atoms with E-state index in [0.717, 1.165) is 17.7 Å². The first-order valence-electron chi connectivity index (χ1n) is 5.87. The van der Waals surface area contributed by atoms with Gasteiger partial charge < -0.3 is 15.2 Å². The van der Waals surface area contributed by atoms with Crippen LogP contribution in [-0.2, 0) is 4.74 Å². The zero-order valence-electron chi connectivity index (χ0n) is 11.1. The van der Waals surface area contributed by atoms with Crippen molar-refractivity contribution in [3.05, 3.63) is 24.0 Å². The standard InChI is InChI=1S/C13H22N2O2/c1-5-17-11-6-10(8-15-9-11)12(14)7-13(2,3)16-4/h6,8-9,12H,5,7,14H2,1-4H3. The Labute approximate surface area is 103 Å². The van der Waals surface area contributed by atoms with Crippen LogP contribution in [0.5, 0.6) is 5.75 Å². The van der Waals surface area contributed by atoms with Crippen molar-refractivity contribution in [3.63, 3.8) is 0 Å². The van der Waals surface area contributed by atoms with E-state index in [-0.39, 0.29) is 11.6 Å². The second-order valence-corrected chi connectivity index (χ2v) is 4.66. The van der Waals surface area contributed by atoms with Crippen LogP contribution < -0.4 is 10.5 Å². The van der Waals surface area contributed by atoms with E-state index in [4.69, 9.17) is 15.2 Å². The third-order valence-corrected chi connectivity index (χ3v) is 2.74. The average Bonchev–Trinajstić information content (AvgIpc) is 2.29. The Morgan fingerprint density at radius 1 is 1.41 bits per heavy atom. The second-order valence-electron chi connectivity index (χ2n) is 4.66. The fourth-order valence-corrected chi connectivity index (χ4v) is 1.61. The summed E-state index contributed by atoms with van der Waals surface area (Å²) < 4.78 is 10.8. The Balaban J connectivity index is 2.74. The first kappa shape index (κ1) is 13.9. The third-order valence-electron chi connectivity index (χ3n) is 2.74. The van der Waals surface area contributed by atoms with Crippen molar-refractivity contribution in [3.8, 4) is 5.75 Å². The van der Waals surface area contributed by atoms with Gasteiger partial charge in [-0.05, 0) is 38.8 Å². The van der Waals surface area contributed by atoms with Gasteiger partial charge in [0.1, 0.15) is 5.75 Å². The molecule has 0 fully saturated rings. The monoisotopic (exact) mass is 238 g/mol. The molecule has 0 bridgehead atoms. The lowest BCUT2D eigenvalue weighted by molar-refractivity contribution is 0.00991. The van der Waals surface area contributed by atoms with Crippen LogP contribution in [0, 0.1) is 0 Å². The van der Waals surface area contributed by atoms with Gasteiger partial charge in [-0.25, -0.2) is 0 Å². The Bertz CT molecular complexity index is 353. The van der Waals surface area contributed by atoms with E-state index >= 15 is 0 Å². The summed E-state index contributed by atoms with van der Waals surface area (Å²) in [5.74, 6) is 0.760. The van der Waals surface area contributed by atoms with Crippen LogP contribution in [0.2, 0.25) is 0 Å². The van der Waals surface area contributed by atoms with Crippen LogP contribution >= 0.6 is 0 Å². The minimum Gasteiger partial charge on any atom is -0.492 e. The van der Waals surface area contributed by atoms with Gasteiger partial charge in [0.25, 0.3) is 0 Å². The van der Waals surface area contributed by atoms with Gasteiger partial charge in [0, 0.05) is 19.3 Å². The van der Waals surface area contributed by atoms with E-state index in [2.05, 4.69) is 4.98 Å². The largest absolute Gasteiger partial charge is 0.492 e. The number of pyridine rings is 1. The molecular weight excluding hydrogens is 216 g/mol. The maximum atomic E-state index is 6.15. The van der Waals surface area contributed by atoms with E-state index in [1.54, 1.807) is 19.5 Å². The Morgan fingerprint density at radius 3 is 2.71 bits per heavy atom. The molecule has 0 amide bonds. The molecule has 1 heterocycles. The van der Waals surface area contributed by atoms with Gasteiger partial charge in [0.05, 0.1) is 18.4 Å². The van der Waals surface area contributed by atoms with E-state index in [0.29, 0.717) is 6.61 Å². The van der Waals surface area contributed by atoms with Crippen LogP contribution in [0.4, 0.5) is 0 Å². The van der Waals surface area contributed by atoms with Gasteiger partial charge in [0.15, 0.2) is 0 Å². The van der Waals surface area contributed by atoms with E-state index in [1.165, 1.54) is 0 Å². The maximum absolute atomic E-state index is 6.15. The van der Waals surface area contributed by atoms with Gasteiger partial charge in [-0.1, -0.05) is 0 Å². The molecule has 4 heteroatoms. The number of ether oxygens (including phenoxy) is 2. The predicted octanol–water partition coefficient (Wildman–Crippen LogP) is 2.30. The molecular formula is C13H22N2O2. The Hall–Kier alpha value is -1.13. The predicted molar refractivity (Wildman–Crippen MR) is 68.0 cm³/mol. The van der Waals surface area contributed by atoms with E-state index in [1.807, 2.05) is 26.8 Å². The summed E-state index contributed by atoms with van der Waals surface area (Å²) in [7, 11) is 1.70. The van der Waals surface area contributed by atoms with Crippen molar-refractivity contribution in [2.75, 3.05) is 13.7 Å². The molecule has 0 radical (unpaired) electrons. The zero-order chi connectivity index (χ0) is 12.9. The molecule has 1 atom stereocenters.